The molecule has 4 heteroatoms. The van der Waals surface area contributed by atoms with Gasteiger partial charge in [0.2, 0.25) is 0 Å². The average Bonchev–Trinajstić information content (AvgIpc) is 2.28. The first-order chi connectivity index (χ1) is 8.11. The van der Waals surface area contributed by atoms with E-state index in [0.29, 0.717) is 10.4 Å². The van der Waals surface area contributed by atoms with Crippen LogP contribution in [0.5, 0.6) is 0 Å². The molecule has 1 fully saturated rings. The van der Waals surface area contributed by atoms with Gasteiger partial charge in [-0.2, -0.15) is 17.0 Å². The van der Waals surface area contributed by atoms with Crippen LogP contribution < -0.4 is 0 Å². The summed E-state index contributed by atoms with van der Waals surface area (Å²) in [6, 6.07) is 6.07. The summed E-state index contributed by atoms with van der Waals surface area (Å²) < 4.78 is 0.313. The van der Waals surface area contributed by atoms with Gasteiger partial charge in [0.15, 0.2) is 0 Å². The third-order valence-electron chi connectivity index (χ3n) is 2.90. The maximum atomic E-state index is 9.02. The summed E-state index contributed by atoms with van der Waals surface area (Å²) in [7, 11) is 0. The molecule has 0 amide bonds. The monoisotopic (exact) mass is 247 g/mol. The number of hydrogen-bond acceptors (Lipinski definition) is 4. The Morgan fingerprint density at radius 2 is 2.41 bits per heavy atom. The van der Waals surface area contributed by atoms with Crippen LogP contribution in [-0.4, -0.2) is 33.5 Å². The molecule has 0 aliphatic carbocycles. The highest BCUT2D eigenvalue weighted by molar-refractivity contribution is 8.00. The highest BCUT2D eigenvalue weighted by atomic mass is 32.2. The van der Waals surface area contributed by atoms with Crippen LogP contribution in [0.25, 0.3) is 0 Å². The minimum Gasteiger partial charge on any atom is -0.297 e. The Balaban J connectivity index is 2.08. The van der Waals surface area contributed by atoms with E-state index in [1.54, 1.807) is 6.20 Å². The molecule has 1 aromatic heterocycles. The predicted octanol–water partition coefficient (Wildman–Crippen LogP) is 2.28. The van der Waals surface area contributed by atoms with E-state index in [0.717, 1.165) is 31.0 Å². The number of hydrogen-bond donors (Lipinski definition) is 0. The molecule has 3 nitrogen and oxygen atoms in total. The van der Waals surface area contributed by atoms with E-state index in [1.807, 2.05) is 23.9 Å². The maximum Gasteiger partial charge on any atom is 0.144 e. The quantitative estimate of drug-likeness (QED) is 0.804. The number of pyridine rings is 1. The fourth-order valence-electron chi connectivity index (χ4n) is 2.16. The molecule has 0 aromatic carbocycles. The van der Waals surface area contributed by atoms with Crippen LogP contribution in [-0.2, 0) is 6.54 Å². The second-order valence-electron chi connectivity index (χ2n) is 4.94. The van der Waals surface area contributed by atoms with Gasteiger partial charge >= 0.3 is 0 Å². The summed E-state index contributed by atoms with van der Waals surface area (Å²) in [5, 5.41) is 9.02. The van der Waals surface area contributed by atoms with Crippen molar-refractivity contribution in [2.24, 2.45) is 0 Å². The highest BCUT2D eigenvalue weighted by Crippen LogP contribution is 2.30. The predicted molar refractivity (Wildman–Crippen MR) is 70.8 cm³/mol. The lowest BCUT2D eigenvalue weighted by molar-refractivity contribution is 0.252. The second-order valence-corrected chi connectivity index (χ2v) is 6.74. The van der Waals surface area contributed by atoms with Crippen LogP contribution in [0.3, 0.4) is 0 Å². The minimum atomic E-state index is 0.313. The Hall–Kier alpha value is -1.05. The number of aromatic nitrogens is 1. The van der Waals surface area contributed by atoms with Gasteiger partial charge < -0.3 is 0 Å². The SMILES string of the molecule is CC1(C)CN(Cc2cccnc2C#N)CCS1. The normalized spacial score (nSPS) is 19.8. The smallest absolute Gasteiger partial charge is 0.144 e. The molecular formula is C13H17N3S. The van der Waals surface area contributed by atoms with Crippen LogP contribution in [0, 0.1) is 11.3 Å². The first-order valence-corrected chi connectivity index (χ1v) is 6.79. The Morgan fingerprint density at radius 1 is 1.59 bits per heavy atom. The number of rotatable bonds is 2. The van der Waals surface area contributed by atoms with Crippen molar-refractivity contribution in [1.82, 2.24) is 9.88 Å². The molecule has 0 atom stereocenters. The van der Waals surface area contributed by atoms with Crippen molar-refractivity contribution in [3.63, 3.8) is 0 Å². The molecule has 17 heavy (non-hydrogen) atoms. The van der Waals surface area contributed by atoms with E-state index in [9.17, 15) is 0 Å². The lowest BCUT2D eigenvalue weighted by Crippen LogP contribution is -2.42. The van der Waals surface area contributed by atoms with E-state index < -0.39 is 0 Å². The van der Waals surface area contributed by atoms with E-state index >= 15 is 0 Å². The van der Waals surface area contributed by atoms with Crippen LogP contribution in [0.4, 0.5) is 0 Å². The second kappa shape index (κ2) is 5.07. The fourth-order valence-corrected chi connectivity index (χ4v) is 3.33. The van der Waals surface area contributed by atoms with Crippen LogP contribution >= 0.6 is 11.8 Å². The Kier molecular flexibility index (Phi) is 3.70. The summed E-state index contributed by atoms with van der Waals surface area (Å²) in [6.45, 7) is 7.54. The zero-order valence-electron chi connectivity index (χ0n) is 10.3. The van der Waals surface area contributed by atoms with Crippen LogP contribution in [0.2, 0.25) is 0 Å². The zero-order chi connectivity index (χ0) is 12.3. The Bertz CT molecular complexity index is 437. The van der Waals surface area contributed by atoms with E-state index in [1.165, 1.54) is 0 Å². The van der Waals surface area contributed by atoms with Crippen LogP contribution in [0.1, 0.15) is 25.1 Å². The van der Waals surface area contributed by atoms with E-state index in [-0.39, 0.29) is 0 Å². The molecule has 90 valence electrons. The van der Waals surface area contributed by atoms with Crippen molar-refractivity contribution in [1.29, 1.82) is 5.26 Å². The molecule has 1 saturated heterocycles. The molecule has 0 radical (unpaired) electrons. The van der Waals surface area contributed by atoms with Crippen molar-refractivity contribution < 1.29 is 0 Å². The molecule has 0 bridgehead atoms. The fraction of sp³-hybridized carbons (Fsp3) is 0.538. The van der Waals surface area contributed by atoms with E-state index in [2.05, 4.69) is 29.8 Å². The van der Waals surface area contributed by atoms with Gasteiger partial charge in [-0.1, -0.05) is 6.07 Å². The van der Waals surface area contributed by atoms with Gasteiger partial charge in [-0.05, 0) is 19.9 Å². The van der Waals surface area contributed by atoms with Crippen molar-refractivity contribution in [2.45, 2.75) is 25.1 Å². The molecule has 1 aromatic rings. The lowest BCUT2D eigenvalue weighted by Gasteiger charge is -2.37. The molecule has 1 aliphatic heterocycles. The van der Waals surface area contributed by atoms with Gasteiger partial charge in [-0.3, -0.25) is 4.90 Å². The molecule has 0 saturated carbocycles. The lowest BCUT2D eigenvalue weighted by atomic mass is 10.1. The number of nitriles is 1. The molecule has 2 rings (SSSR count). The number of nitrogens with zero attached hydrogens (tertiary/aromatic N) is 3. The van der Waals surface area contributed by atoms with Crippen LogP contribution in [0.15, 0.2) is 18.3 Å². The molecular weight excluding hydrogens is 230 g/mol. The van der Waals surface area contributed by atoms with Crippen molar-refractivity contribution in [3.8, 4) is 6.07 Å². The molecule has 1 aliphatic rings. The first-order valence-electron chi connectivity index (χ1n) is 5.81. The first kappa shape index (κ1) is 12.4. The summed E-state index contributed by atoms with van der Waals surface area (Å²) >= 11 is 2.02. The van der Waals surface area contributed by atoms with Crippen molar-refractivity contribution in [3.05, 3.63) is 29.6 Å². The summed E-state index contributed by atoms with van der Waals surface area (Å²) in [4.78, 5) is 6.52. The van der Waals surface area contributed by atoms with Crippen molar-refractivity contribution in [2.75, 3.05) is 18.8 Å². The molecule has 0 spiro atoms. The van der Waals surface area contributed by atoms with Gasteiger partial charge in [0.05, 0.1) is 0 Å². The van der Waals surface area contributed by atoms with Gasteiger partial charge in [-0.15, -0.1) is 0 Å². The average molecular weight is 247 g/mol. The van der Waals surface area contributed by atoms with Crippen molar-refractivity contribution >= 4 is 11.8 Å². The number of thioether (sulfide) groups is 1. The topological polar surface area (TPSA) is 39.9 Å². The highest BCUT2D eigenvalue weighted by Gasteiger charge is 2.27. The molecule has 0 N–H and O–H groups in total. The standard InChI is InChI=1S/C13H17N3S/c1-13(2)10-16(6-7-17-13)9-11-4-3-5-15-12(11)8-14/h3-5H,6-7,9-10H2,1-2H3. The maximum absolute atomic E-state index is 9.02. The van der Waals surface area contributed by atoms with Gasteiger partial charge in [0, 0.05) is 41.9 Å². The summed E-state index contributed by atoms with van der Waals surface area (Å²) in [6.07, 6.45) is 1.68. The minimum absolute atomic E-state index is 0.313. The zero-order valence-corrected chi connectivity index (χ0v) is 11.1. The Morgan fingerprint density at radius 3 is 3.12 bits per heavy atom. The Labute approximate surface area is 107 Å². The summed E-state index contributed by atoms with van der Waals surface area (Å²) in [5.41, 5.74) is 1.60. The van der Waals surface area contributed by atoms with Gasteiger partial charge in [-0.25, -0.2) is 4.98 Å². The largest absolute Gasteiger partial charge is 0.297 e. The van der Waals surface area contributed by atoms with Gasteiger partial charge in [0.25, 0.3) is 0 Å². The van der Waals surface area contributed by atoms with Gasteiger partial charge in [0.1, 0.15) is 11.8 Å². The van der Waals surface area contributed by atoms with E-state index in [4.69, 9.17) is 5.26 Å². The molecule has 2 heterocycles. The molecule has 0 unspecified atom stereocenters. The third-order valence-corrected chi connectivity index (χ3v) is 4.19. The summed E-state index contributed by atoms with van der Waals surface area (Å²) in [5.74, 6) is 1.16. The third kappa shape index (κ3) is 3.21.